The highest BCUT2D eigenvalue weighted by atomic mass is 35.5. The quantitative estimate of drug-likeness (QED) is 0.0572. The Kier molecular flexibility index (Phi) is 13.1. The maximum absolute atomic E-state index is 13.5. The van der Waals surface area contributed by atoms with Crippen LogP contribution < -0.4 is 14.9 Å². The van der Waals surface area contributed by atoms with Crippen molar-refractivity contribution < 1.29 is 22.9 Å². The second kappa shape index (κ2) is 18.8. The lowest BCUT2D eigenvalue weighted by Gasteiger charge is -2.36. The molecule has 0 saturated carbocycles. The summed E-state index contributed by atoms with van der Waals surface area (Å²) in [4.78, 5) is 32.8. The first-order valence-electron chi connectivity index (χ1n) is 20.1. The number of sulfonamides is 1. The topological polar surface area (TPSA) is 137 Å². The number of nitrogens with one attached hydrogen (secondary N) is 2. The van der Waals surface area contributed by atoms with Gasteiger partial charge in [-0.15, -0.1) is 11.8 Å². The Morgan fingerprint density at radius 1 is 0.917 bits per heavy atom. The smallest absolute Gasteiger partial charge is 0.293 e. The summed E-state index contributed by atoms with van der Waals surface area (Å²) >= 11 is 7.78. The van der Waals surface area contributed by atoms with Gasteiger partial charge in [-0.2, -0.15) is 0 Å². The third-order valence-electron chi connectivity index (χ3n) is 11.5. The highest BCUT2D eigenvalue weighted by Gasteiger charge is 2.38. The van der Waals surface area contributed by atoms with E-state index < -0.39 is 20.9 Å². The molecule has 60 heavy (non-hydrogen) atoms. The van der Waals surface area contributed by atoms with Crippen LogP contribution in [0.1, 0.15) is 28.8 Å². The van der Waals surface area contributed by atoms with Crippen molar-refractivity contribution >= 4 is 56.4 Å². The highest BCUT2D eigenvalue weighted by Crippen LogP contribution is 2.32. The normalized spacial score (nSPS) is 18.6. The first-order valence-corrected chi connectivity index (χ1v) is 23.0. The number of ether oxygens (including phenoxy) is 1. The lowest BCUT2D eigenvalue weighted by Crippen LogP contribution is -2.46. The van der Waals surface area contributed by atoms with Crippen molar-refractivity contribution in [1.82, 2.24) is 14.5 Å². The molecular weight excluding hydrogens is 820 g/mol. The van der Waals surface area contributed by atoms with E-state index in [9.17, 15) is 23.3 Å². The van der Waals surface area contributed by atoms with Crippen molar-refractivity contribution in [2.75, 3.05) is 61.8 Å². The molecule has 1 amide bonds. The van der Waals surface area contributed by atoms with E-state index in [-0.39, 0.29) is 34.0 Å². The van der Waals surface area contributed by atoms with Crippen LogP contribution in [0.2, 0.25) is 5.02 Å². The van der Waals surface area contributed by atoms with Gasteiger partial charge in [0.25, 0.3) is 21.6 Å². The minimum Gasteiger partial charge on any atom is -0.376 e. The number of rotatable bonds is 16. The summed E-state index contributed by atoms with van der Waals surface area (Å²) in [6.07, 6.45) is 2.03. The Bertz CT molecular complexity index is 2400. The molecule has 3 atom stereocenters. The monoisotopic (exact) mass is 866 g/mol. The molecule has 0 aliphatic carbocycles. The molecule has 5 aromatic rings. The van der Waals surface area contributed by atoms with Gasteiger partial charge in [-0.25, -0.2) is 13.1 Å². The number of likely N-dealkylation sites (tertiary alicyclic amines) is 1. The van der Waals surface area contributed by atoms with Crippen LogP contribution in [0.5, 0.6) is 0 Å². The lowest BCUT2D eigenvalue weighted by molar-refractivity contribution is -0.384. The summed E-state index contributed by atoms with van der Waals surface area (Å²) in [6, 6.07) is 37.0. The number of carbonyl (C=O) groups is 1. The number of halogens is 1. The Balaban J connectivity index is 0.879. The fourth-order valence-corrected chi connectivity index (χ4v) is 10.3. The van der Waals surface area contributed by atoms with Gasteiger partial charge < -0.3 is 15.0 Å². The van der Waals surface area contributed by atoms with Crippen LogP contribution in [0.3, 0.4) is 0 Å². The van der Waals surface area contributed by atoms with Crippen LogP contribution in [-0.2, 0) is 21.3 Å². The highest BCUT2D eigenvalue weighted by molar-refractivity contribution is 7.99. The van der Waals surface area contributed by atoms with E-state index in [4.69, 9.17) is 16.3 Å². The number of anilines is 2. The van der Waals surface area contributed by atoms with Gasteiger partial charge in [-0.3, -0.25) is 24.7 Å². The molecule has 5 aromatic carbocycles. The second-order valence-electron chi connectivity index (χ2n) is 15.4. The number of benzene rings is 5. The Hall–Kier alpha value is -4.96. The van der Waals surface area contributed by atoms with Gasteiger partial charge >= 0.3 is 0 Å². The second-order valence-corrected chi connectivity index (χ2v) is 18.7. The number of fused-ring (bicyclic) bond motifs is 2. The number of nitrogens with zero attached hydrogens (tertiary/aromatic N) is 4. The van der Waals surface area contributed by atoms with E-state index in [0.29, 0.717) is 16.8 Å². The number of amides is 1. The summed E-state index contributed by atoms with van der Waals surface area (Å²) in [5.74, 6) is -0.180. The molecule has 3 aliphatic heterocycles. The van der Waals surface area contributed by atoms with E-state index in [0.717, 1.165) is 87.5 Å². The number of carbonyl (C=O) groups excluding carboxylic acids is 1. The largest absolute Gasteiger partial charge is 0.376 e. The van der Waals surface area contributed by atoms with Crippen molar-refractivity contribution in [3.63, 3.8) is 0 Å². The molecule has 2 bridgehead atoms. The van der Waals surface area contributed by atoms with Gasteiger partial charge in [0.15, 0.2) is 0 Å². The molecule has 3 heterocycles. The molecule has 3 aliphatic rings. The van der Waals surface area contributed by atoms with E-state index >= 15 is 0 Å². The number of hydrogen-bond acceptors (Lipinski definition) is 11. The molecule has 312 valence electrons. The van der Waals surface area contributed by atoms with Crippen LogP contribution in [0.25, 0.3) is 11.1 Å². The molecule has 8 rings (SSSR count). The first-order chi connectivity index (χ1) is 29.1. The third-order valence-corrected chi connectivity index (χ3v) is 14.2. The van der Waals surface area contributed by atoms with Gasteiger partial charge in [-0.1, -0.05) is 66.2 Å². The zero-order chi connectivity index (χ0) is 41.6. The molecular formula is C45H47ClN6O6S2. The zero-order valence-corrected chi connectivity index (χ0v) is 35.4. The maximum Gasteiger partial charge on any atom is 0.293 e. The first kappa shape index (κ1) is 41.8. The molecule has 3 fully saturated rings. The summed E-state index contributed by atoms with van der Waals surface area (Å²) in [7, 11) is -4.44. The van der Waals surface area contributed by atoms with Crippen LogP contribution in [0, 0.1) is 10.1 Å². The van der Waals surface area contributed by atoms with E-state index in [1.54, 1.807) is 23.9 Å². The van der Waals surface area contributed by atoms with Crippen LogP contribution in [0.15, 0.2) is 131 Å². The van der Waals surface area contributed by atoms with Gasteiger partial charge in [0.05, 0.1) is 22.5 Å². The Morgan fingerprint density at radius 3 is 2.35 bits per heavy atom. The molecule has 0 spiro atoms. The molecule has 0 aromatic heterocycles. The van der Waals surface area contributed by atoms with E-state index in [1.807, 2.05) is 72.8 Å². The summed E-state index contributed by atoms with van der Waals surface area (Å²) in [5.41, 5.74) is 4.47. The van der Waals surface area contributed by atoms with Gasteiger partial charge in [-0.05, 0) is 90.2 Å². The van der Waals surface area contributed by atoms with E-state index in [2.05, 4.69) is 42.9 Å². The SMILES string of the molecule is O=C(NS(=O)(=O)c1ccc(N[C@H](CCN2C[C@H]3C[C@@H]2CO3)CSc2ccccc2)c([N+](=O)[O-])c1)c1ccc(N2CCN(Cc3ccccc3-c3ccc(Cl)cc3)CC2)cc1. The summed E-state index contributed by atoms with van der Waals surface area (Å²) < 4.78 is 34.8. The minimum absolute atomic E-state index is 0.147. The fourth-order valence-electron chi connectivity index (χ4n) is 8.19. The molecule has 15 heteroatoms. The average molecular weight is 867 g/mol. The number of morpholine rings is 1. The lowest BCUT2D eigenvalue weighted by atomic mass is 9.99. The van der Waals surface area contributed by atoms with Crippen molar-refractivity contribution in [2.45, 2.75) is 47.4 Å². The predicted molar refractivity (Wildman–Crippen MR) is 237 cm³/mol. The predicted octanol–water partition coefficient (Wildman–Crippen LogP) is 7.79. The number of nitro benzene ring substituents is 1. The summed E-state index contributed by atoms with van der Waals surface area (Å²) in [6.45, 7) is 6.49. The van der Waals surface area contributed by atoms with Crippen molar-refractivity contribution in [3.8, 4) is 11.1 Å². The van der Waals surface area contributed by atoms with Gasteiger partial charge in [0.1, 0.15) is 5.69 Å². The zero-order valence-electron chi connectivity index (χ0n) is 33.0. The standard InChI is InChI=1S/C45H47ClN6O6S2/c46-35-14-10-32(11-15-35)42-9-5-4-6-34(42)28-49-22-24-50(25-23-49)37-16-12-33(13-17-37)45(53)48-60(56,57)41-18-19-43(44(27-41)52(54)55)47-36(31-59-40-7-2-1-3-8-40)20-21-51-29-39-26-38(51)30-58-39/h1-19,27,36,38-39,47H,20-26,28-31H2,(H,48,53)/t36-,38-,39-/m1/s1. The van der Waals surface area contributed by atoms with Crippen LogP contribution >= 0.6 is 23.4 Å². The number of piperazine rings is 1. The number of nitro groups is 1. The Labute approximate surface area is 360 Å². The third kappa shape index (κ3) is 10.1. The molecule has 0 radical (unpaired) electrons. The minimum atomic E-state index is -4.44. The molecule has 2 N–H and O–H groups in total. The molecule has 12 nitrogen and oxygen atoms in total. The fraction of sp³-hybridized carbons (Fsp3) is 0.311. The van der Waals surface area contributed by atoms with Crippen molar-refractivity contribution in [3.05, 3.63) is 148 Å². The van der Waals surface area contributed by atoms with Gasteiger partial charge in [0, 0.05) is 90.9 Å². The van der Waals surface area contributed by atoms with Crippen LogP contribution in [-0.4, -0.2) is 98.9 Å². The molecule has 0 unspecified atom stereocenters. The van der Waals surface area contributed by atoms with Crippen LogP contribution in [0.4, 0.5) is 17.1 Å². The van der Waals surface area contributed by atoms with Crippen molar-refractivity contribution in [1.29, 1.82) is 0 Å². The van der Waals surface area contributed by atoms with E-state index in [1.165, 1.54) is 23.3 Å². The average Bonchev–Trinajstić information content (AvgIpc) is 3.90. The molecule has 3 saturated heterocycles. The number of hydrogen-bond donors (Lipinski definition) is 2. The van der Waals surface area contributed by atoms with Gasteiger partial charge in [0.2, 0.25) is 0 Å². The summed E-state index contributed by atoms with van der Waals surface area (Å²) in [5, 5.41) is 16.4. The van der Waals surface area contributed by atoms with Crippen molar-refractivity contribution in [2.24, 2.45) is 0 Å². The number of thioether (sulfide) groups is 1. The maximum atomic E-state index is 13.5. The Morgan fingerprint density at radius 2 is 1.65 bits per heavy atom.